The van der Waals surface area contributed by atoms with Crippen LogP contribution in [0, 0.1) is 17.1 Å². The largest absolute Gasteiger partial charge is 0.505 e. The Morgan fingerprint density at radius 3 is 2.68 bits per heavy atom. The standard InChI is InChI=1S/C22H17ClFN5O2/c23-17-12-15(1-2-18(17)24)28-19(13-25)16-4-6-27-21(22(16)30)14-3-5-26-20(11-14)29-7-9-31-10-8-29/h1-6,11-12,30H,7-10H2/b28-19+. The van der Waals surface area contributed by atoms with E-state index in [1.165, 1.54) is 24.4 Å². The summed E-state index contributed by atoms with van der Waals surface area (Å²) in [4.78, 5) is 15.0. The molecule has 31 heavy (non-hydrogen) atoms. The molecular formula is C22H17ClFN5O2. The molecule has 9 heteroatoms. The van der Waals surface area contributed by atoms with Crippen LogP contribution in [0.25, 0.3) is 11.3 Å². The van der Waals surface area contributed by atoms with E-state index in [0.29, 0.717) is 30.2 Å². The third kappa shape index (κ3) is 4.48. The number of anilines is 1. The van der Waals surface area contributed by atoms with Crippen molar-refractivity contribution in [2.75, 3.05) is 31.2 Å². The van der Waals surface area contributed by atoms with Gasteiger partial charge in [-0.1, -0.05) is 11.6 Å². The second kappa shape index (κ2) is 9.08. The van der Waals surface area contributed by atoms with Crippen molar-refractivity contribution in [2.45, 2.75) is 0 Å². The fourth-order valence-electron chi connectivity index (χ4n) is 3.22. The van der Waals surface area contributed by atoms with Gasteiger partial charge >= 0.3 is 0 Å². The normalized spacial score (nSPS) is 14.4. The minimum atomic E-state index is -0.582. The van der Waals surface area contributed by atoms with Crippen LogP contribution in [0.1, 0.15) is 5.56 Å². The summed E-state index contributed by atoms with van der Waals surface area (Å²) in [6.07, 6.45) is 3.14. The molecule has 4 rings (SSSR count). The summed E-state index contributed by atoms with van der Waals surface area (Å²) in [7, 11) is 0. The Hall–Kier alpha value is -3.54. The molecule has 0 saturated carbocycles. The molecule has 0 aliphatic carbocycles. The summed E-state index contributed by atoms with van der Waals surface area (Å²) in [6, 6.07) is 10.9. The van der Waals surface area contributed by atoms with Crippen molar-refractivity contribution in [3.63, 3.8) is 0 Å². The van der Waals surface area contributed by atoms with Gasteiger partial charge in [-0.2, -0.15) is 5.26 Å². The van der Waals surface area contributed by atoms with Crippen molar-refractivity contribution in [2.24, 2.45) is 4.99 Å². The SMILES string of the molecule is N#C/C(=N\c1ccc(F)c(Cl)c1)c1ccnc(-c2ccnc(N3CCOCC3)c2)c1O. The Morgan fingerprint density at radius 1 is 1.16 bits per heavy atom. The number of ether oxygens (including phenoxy) is 1. The van der Waals surface area contributed by atoms with Crippen molar-refractivity contribution in [1.82, 2.24) is 9.97 Å². The molecule has 1 aliphatic rings. The second-order valence-electron chi connectivity index (χ2n) is 6.73. The number of aliphatic imine (C=N–C) groups is 1. The highest BCUT2D eigenvalue weighted by atomic mass is 35.5. The maximum absolute atomic E-state index is 13.4. The van der Waals surface area contributed by atoms with E-state index >= 15 is 0 Å². The van der Waals surface area contributed by atoms with Crippen LogP contribution in [0.5, 0.6) is 5.75 Å². The number of hydrogen-bond acceptors (Lipinski definition) is 7. The van der Waals surface area contributed by atoms with Gasteiger partial charge in [0.15, 0.2) is 11.5 Å². The van der Waals surface area contributed by atoms with Gasteiger partial charge < -0.3 is 14.7 Å². The molecular weight excluding hydrogens is 421 g/mol. The van der Waals surface area contributed by atoms with Gasteiger partial charge in [-0.05, 0) is 36.4 Å². The zero-order chi connectivity index (χ0) is 21.8. The van der Waals surface area contributed by atoms with Gasteiger partial charge in [0.25, 0.3) is 0 Å². The molecule has 1 aromatic carbocycles. The third-order valence-electron chi connectivity index (χ3n) is 4.78. The predicted octanol–water partition coefficient (Wildman–Crippen LogP) is 4.12. The number of halogens is 2. The molecule has 3 aromatic rings. The second-order valence-corrected chi connectivity index (χ2v) is 7.14. The van der Waals surface area contributed by atoms with Gasteiger partial charge in [0.2, 0.25) is 0 Å². The highest BCUT2D eigenvalue weighted by molar-refractivity contribution is 6.31. The molecule has 3 heterocycles. The highest BCUT2D eigenvalue weighted by Gasteiger charge is 2.18. The van der Waals surface area contributed by atoms with Crippen LogP contribution in [-0.2, 0) is 4.74 Å². The Labute approximate surface area is 183 Å². The van der Waals surface area contributed by atoms with E-state index in [2.05, 4.69) is 19.9 Å². The average molecular weight is 438 g/mol. The van der Waals surface area contributed by atoms with E-state index in [1.54, 1.807) is 12.3 Å². The van der Waals surface area contributed by atoms with Crippen molar-refractivity contribution in [3.05, 3.63) is 65.2 Å². The summed E-state index contributed by atoms with van der Waals surface area (Å²) in [5.74, 6) is -0.0143. The van der Waals surface area contributed by atoms with E-state index in [4.69, 9.17) is 16.3 Å². The van der Waals surface area contributed by atoms with Crippen LogP contribution in [-0.4, -0.2) is 47.1 Å². The Bertz CT molecular complexity index is 1190. The topological polar surface area (TPSA) is 94.6 Å². The van der Waals surface area contributed by atoms with Crippen LogP contribution in [0.3, 0.4) is 0 Å². The number of aromatic hydroxyl groups is 1. The molecule has 1 N–H and O–H groups in total. The number of nitriles is 1. The molecule has 2 aromatic heterocycles. The molecule has 0 amide bonds. The van der Waals surface area contributed by atoms with Gasteiger partial charge in [0.05, 0.1) is 29.5 Å². The fourth-order valence-corrected chi connectivity index (χ4v) is 3.39. The fraction of sp³-hybridized carbons (Fsp3) is 0.182. The molecule has 1 fully saturated rings. The van der Waals surface area contributed by atoms with E-state index in [9.17, 15) is 14.8 Å². The smallest absolute Gasteiger partial charge is 0.152 e. The van der Waals surface area contributed by atoms with Crippen LogP contribution in [0.2, 0.25) is 5.02 Å². The predicted molar refractivity (Wildman–Crippen MR) is 115 cm³/mol. The molecule has 0 atom stereocenters. The first-order valence-electron chi connectivity index (χ1n) is 9.48. The molecule has 0 bridgehead atoms. The van der Waals surface area contributed by atoms with E-state index in [0.717, 1.165) is 25.0 Å². The van der Waals surface area contributed by atoms with Crippen LogP contribution in [0.15, 0.2) is 53.8 Å². The lowest BCUT2D eigenvalue weighted by Gasteiger charge is -2.28. The quantitative estimate of drug-likeness (QED) is 0.617. The van der Waals surface area contributed by atoms with E-state index < -0.39 is 5.82 Å². The monoisotopic (exact) mass is 437 g/mol. The number of aromatic nitrogens is 2. The Balaban J connectivity index is 1.72. The number of hydrogen-bond donors (Lipinski definition) is 1. The maximum atomic E-state index is 13.4. The lowest BCUT2D eigenvalue weighted by atomic mass is 10.1. The first kappa shape index (κ1) is 20.7. The number of benzene rings is 1. The van der Waals surface area contributed by atoms with Crippen LogP contribution < -0.4 is 4.90 Å². The number of pyridine rings is 2. The summed E-state index contributed by atoms with van der Waals surface area (Å²) in [5.41, 5.74) is 1.40. The van der Waals surface area contributed by atoms with Crippen LogP contribution in [0.4, 0.5) is 15.9 Å². The molecule has 0 radical (unpaired) electrons. The van der Waals surface area contributed by atoms with Gasteiger partial charge in [-0.15, -0.1) is 0 Å². The molecule has 1 aliphatic heterocycles. The van der Waals surface area contributed by atoms with Gasteiger partial charge in [-0.25, -0.2) is 14.4 Å². The molecule has 0 spiro atoms. The highest BCUT2D eigenvalue weighted by Crippen LogP contribution is 2.32. The van der Waals surface area contributed by atoms with Crippen LogP contribution >= 0.6 is 11.6 Å². The molecule has 156 valence electrons. The number of nitrogens with zero attached hydrogens (tertiary/aromatic N) is 5. The van der Waals surface area contributed by atoms with Gasteiger partial charge in [0.1, 0.15) is 23.4 Å². The Kier molecular flexibility index (Phi) is 6.07. The van der Waals surface area contributed by atoms with Crippen molar-refractivity contribution in [3.8, 4) is 23.1 Å². The maximum Gasteiger partial charge on any atom is 0.152 e. The van der Waals surface area contributed by atoms with E-state index in [-0.39, 0.29) is 22.0 Å². The summed E-state index contributed by atoms with van der Waals surface area (Å²) in [6.45, 7) is 2.70. The zero-order valence-electron chi connectivity index (χ0n) is 16.3. The summed E-state index contributed by atoms with van der Waals surface area (Å²) in [5, 5.41) is 20.4. The molecule has 1 saturated heterocycles. The minimum absolute atomic E-state index is 0.0497. The first-order chi connectivity index (χ1) is 15.1. The van der Waals surface area contributed by atoms with Crippen molar-refractivity contribution < 1.29 is 14.2 Å². The number of morpholine rings is 1. The molecule has 7 nitrogen and oxygen atoms in total. The third-order valence-corrected chi connectivity index (χ3v) is 5.07. The first-order valence-corrected chi connectivity index (χ1v) is 9.86. The lowest BCUT2D eigenvalue weighted by Crippen LogP contribution is -2.36. The molecule has 0 unspecified atom stereocenters. The summed E-state index contributed by atoms with van der Waals surface area (Å²) < 4.78 is 18.8. The van der Waals surface area contributed by atoms with E-state index in [1.807, 2.05) is 12.1 Å². The minimum Gasteiger partial charge on any atom is -0.505 e. The average Bonchev–Trinajstić information content (AvgIpc) is 2.81. The van der Waals surface area contributed by atoms with Gasteiger partial charge in [0, 0.05) is 31.0 Å². The lowest BCUT2D eigenvalue weighted by molar-refractivity contribution is 0.122. The Morgan fingerprint density at radius 2 is 1.94 bits per heavy atom. The zero-order valence-corrected chi connectivity index (χ0v) is 17.1. The number of rotatable bonds is 4. The summed E-state index contributed by atoms with van der Waals surface area (Å²) >= 11 is 5.80. The van der Waals surface area contributed by atoms with Crippen molar-refractivity contribution in [1.29, 1.82) is 5.26 Å². The van der Waals surface area contributed by atoms with Gasteiger partial charge in [-0.3, -0.25) is 4.98 Å². The van der Waals surface area contributed by atoms with Crippen molar-refractivity contribution >= 4 is 28.8 Å².